The van der Waals surface area contributed by atoms with Crippen LogP contribution < -0.4 is 0 Å². The van der Waals surface area contributed by atoms with Crippen molar-refractivity contribution in [2.45, 2.75) is 39.0 Å². The Kier molecular flexibility index (Phi) is 3.94. The fourth-order valence-corrected chi connectivity index (χ4v) is 1.46. The Bertz CT molecular complexity index is 221. The lowest BCUT2D eigenvalue weighted by molar-refractivity contribution is 0.872. The quantitative estimate of drug-likeness (QED) is 0.433. The largest absolute Gasteiger partial charge is 0.269 e. The fraction of sp³-hybridized carbons (Fsp3) is 0.583. The van der Waals surface area contributed by atoms with Gasteiger partial charge in [-0.25, -0.2) is 0 Å². The number of hydrogen-bond donors (Lipinski definition) is 0. The molecular formula is C12H19N. The molecule has 72 valence electrons. The highest BCUT2D eigenvalue weighted by atomic mass is 14.7. The molecule has 13 heavy (non-hydrogen) atoms. The zero-order valence-corrected chi connectivity index (χ0v) is 8.55. The Morgan fingerprint density at radius 1 is 1.54 bits per heavy atom. The highest BCUT2D eigenvalue weighted by Gasteiger charge is 2.25. The summed E-state index contributed by atoms with van der Waals surface area (Å²) >= 11 is 0. The minimum absolute atomic E-state index is 0.838. The van der Waals surface area contributed by atoms with Crippen LogP contribution in [0.3, 0.4) is 0 Å². The van der Waals surface area contributed by atoms with E-state index in [2.05, 4.69) is 31.3 Å². The van der Waals surface area contributed by atoms with Crippen LogP contribution in [0.1, 0.15) is 39.0 Å². The average molecular weight is 177 g/mol. The maximum Gasteiger partial charge on any atom is 0.0365 e. The molecule has 0 atom stereocenters. The third-order valence-corrected chi connectivity index (χ3v) is 2.43. The van der Waals surface area contributed by atoms with Crippen molar-refractivity contribution in [3.8, 4) is 0 Å². The van der Waals surface area contributed by atoms with Crippen molar-refractivity contribution in [2.24, 2.45) is 10.9 Å². The van der Waals surface area contributed by atoms with Gasteiger partial charge in [0.1, 0.15) is 0 Å². The molecule has 0 aromatic carbocycles. The molecule has 0 spiro atoms. The summed E-state index contributed by atoms with van der Waals surface area (Å²) in [4.78, 5) is 3.86. The van der Waals surface area contributed by atoms with Gasteiger partial charge in [-0.15, -0.1) is 0 Å². The predicted octanol–water partition coefficient (Wildman–Crippen LogP) is 3.73. The number of rotatable bonds is 6. The topological polar surface area (TPSA) is 12.4 Å². The summed E-state index contributed by atoms with van der Waals surface area (Å²) in [5.41, 5.74) is 2.45. The summed E-state index contributed by atoms with van der Waals surface area (Å²) in [6.07, 6.45) is 8.45. The molecule has 1 nitrogen and oxygen atoms in total. The van der Waals surface area contributed by atoms with Crippen molar-refractivity contribution in [1.82, 2.24) is 0 Å². The summed E-state index contributed by atoms with van der Waals surface area (Å²) < 4.78 is 0. The Morgan fingerprint density at radius 2 is 2.23 bits per heavy atom. The third-order valence-electron chi connectivity index (χ3n) is 2.43. The second kappa shape index (κ2) is 5.00. The van der Waals surface area contributed by atoms with Gasteiger partial charge in [0.15, 0.2) is 0 Å². The predicted molar refractivity (Wildman–Crippen MR) is 59.0 cm³/mol. The Balaban J connectivity index is 2.46. The van der Waals surface area contributed by atoms with Crippen LogP contribution in [0.5, 0.6) is 0 Å². The number of allylic oxidation sites excluding steroid dienone is 2. The lowest BCUT2D eigenvalue weighted by atomic mass is 10.0. The van der Waals surface area contributed by atoms with Gasteiger partial charge in [-0.2, -0.15) is 0 Å². The van der Waals surface area contributed by atoms with Gasteiger partial charge < -0.3 is 0 Å². The number of hydrogen-bond acceptors (Lipinski definition) is 1. The molecule has 0 bridgehead atoms. The van der Waals surface area contributed by atoms with Crippen molar-refractivity contribution in [1.29, 1.82) is 0 Å². The van der Waals surface area contributed by atoms with E-state index in [1.807, 2.05) is 0 Å². The van der Waals surface area contributed by atoms with Gasteiger partial charge in [-0.1, -0.05) is 31.6 Å². The van der Waals surface area contributed by atoms with Crippen molar-refractivity contribution < 1.29 is 0 Å². The average Bonchev–Trinajstić information content (AvgIpc) is 2.94. The molecule has 1 saturated carbocycles. The van der Waals surface area contributed by atoms with Gasteiger partial charge in [0.2, 0.25) is 0 Å². The molecule has 1 heteroatoms. The van der Waals surface area contributed by atoms with Crippen LogP contribution in [0, 0.1) is 5.92 Å². The van der Waals surface area contributed by atoms with Gasteiger partial charge in [0.05, 0.1) is 0 Å². The molecule has 0 aliphatic heterocycles. The standard InChI is InChI=1S/C12H19N/c1-4-5-6-12(11-7-8-11)9-10(2)13-3/h6,11H,2-5,7-9H2,1H3/b12-6+. The van der Waals surface area contributed by atoms with Gasteiger partial charge >= 0.3 is 0 Å². The molecule has 1 fully saturated rings. The molecule has 0 amide bonds. The van der Waals surface area contributed by atoms with Crippen molar-refractivity contribution in [3.05, 3.63) is 23.9 Å². The van der Waals surface area contributed by atoms with Crippen LogP contribution in [0.15, 0.2) is 28.9 Å². The summed E-state index contributed by atoms with van der Waals surface area (Å²) in [6.45, 7) is 9.57. The van der Waals surface area contributed by atoms with Crippen LogP contribution in [0.4, 0.5) is 0 Å². The summed E-state index contributed by atoms with van der Waals surface area (Å²) in [5.74, 6) is 0.838. The van der Waals surface area contributed by atoms with Gasteiger partial charge in [0, 0.05) is 12.1 Å². The summed E-state index contributed by atoms with van der Waals surface area (Å²) in [5, 5.41) is 0. The van der Waals surface area contributed by atoms with E-state index in [1.54, 1.807) is 5.57 Å². The van der Waals surface area contributed by atoms with Gasteiger partial charge in [0.25, 0.3) is 0 Å². The highest BCUT2D eigenvalue weighted by molar-refractivity contribution is 5.30. The lowest BCUT2D eigenvalue weighted by Gasteiger charge is -2.04. The van der Waals surface area contributed by atoms with Crippen molar-refractivity contribution >= 4 is 6.72 Å². The zero-order chi connectivity index (χ0) is 9.68. The molecule has 1 aliphatic rings. The van der Waals surface area contributed by atoms with Crippen LogP contribution in [-0.4, -0.2) is 6.72 Å². The van der Waals surface area contributed by atoms with E-state index in [4.69, 9.17) is 0 Å². The minimum Gasteiger partial charge on any atom is -0.269 e. The second-order valence-electron chi connectivity index (χ2n) is 3.74. The summed E-state index contributed by atoms with van der Waals surface area (Å²) in [7, 11) is 0. The molecule has 0 aromatic rings. The minimum atomic E-state index is 0.838. The SMILES string of the molecule is C=NC(=C)C/C(=C\CCC)C1CC1. The maximum atomic E-state index is 3.86. The number of unbranched alkanes of at least 4 members (excludes halogenated alkanes) is 1. The molecule has 0 aromatic heterocycles. The van der Waals surface area contributed by atoms with Gasteiger partial charge in [-0.3, -0.25) is 4.99 Å². The van der Waals surface area contributed by atoms with Crippen molar-refractivity contribution in [2.75, 3.05) is 0 Å². The molecule has 0 radical (unpaired) electrons. The molecule has 0 N–H and O–H groups in total. The number of nitrogens with zero attached hydrogens (tertiary/aromatic N) is 1. The van der Waals surface area contributed by atoms with E-state index in [9.17, 15) is 0 Å². The molecule has 1 rings (SSSR count). The van der Waals surface area contributed by atoms with E-state index >= 15 is 0 Å². The maximum absolute atomic E-state index is 3.86. The van der Waals surface area contributed by atoms with Crippen LogP contribution in [0.25, 0.3) is 0 Å². The monoisotopic (exact) mass is 177 g/mol. The first-order valence-corrected chi connectivity index (χ1v) is 5.11. The van der Waals surface area contributed by atoms with Gasteiger partial charge in [-0.05, 0) is 31.9 Å². The van der Waals surface area contributed by atoms with Crippen LogP contribution in [0.2, 0.25) is 0 Å². The molecule has 0 unspecified atom stereocenters. The Labute approximate surface area is 81.3 Å². The molecule has 1 aliphatic carbocycles. The normalized spacial score (nSPS) is 17.2. The van der Waals surface area contributed by atoms with Crippen LogP contribution in [-0.2, 0) is 0 Å². The Hall–Kier alpha value is -0.850. The van der Waals surface area contributed by atoms with E-state index in [0.29, 0.717) is 0 Å². The van der Waals surface area contributed by atoms with Crippen molar-refractivity contribution in [3.63, 3.8) is 0 Å². The highest BCUT2D eigenvalue weighted by Crippen LogP contribution is 2.39. The van der Waals surface area contributed by atoms with E-state index in [-0.39, 0.29) is 0 Å². The summed E-state index contributed by atoms with van der Waals surface area (Å²) in [6, 6.07) is 0. The van der Waals surface area contributed by atoms with Crippen LogP contribution >= 0.6 is 0 Å². The first-order valence-electron chi connectivity index (χ1n) is 5.11. The molecular weight excluding hydrogens is 158 g/mol. The fourth-order valence-electron chi connectivity index (χ4n) is 1.46. The molecule has 0 heterocycles. The first kappa shape index (κ1) is 10.2. The Morgan fingerprint density at radius 3 is 2.69 bits per heavy atom. The third kappa shape index (κ3) is 3.58. The lowest BCUT2D eigenvalue weighted by Crippen LogP contribution is -1.88. The van der Waals surface area contributed by atoms with E-state index in [1.165, 1.54) is 25.7 Å². The smallest absolute Gasteiger partial charge is 0.0365 e. The number of aliphatic imine (C=N–C) groups is 1. The second-order valence-corrected chi connectivity index (χ2v) is 3.74. The zero-order valence-electron chi connectivity index (χ0n) is 8.55. The molecule has 0 saturated heterocycles. The van der Waals surface area contributed by atoms with E-state index < -0.39 is 0 Å². The van der Waals surface area contributed by atoms with E-state index in [0.717, 1.165) is 18.0 Å². The first-order chi connectivity index (χ1) is 6.27.